The second-order valence-electron chi connectivity index (χ2n) is 14.8. The molecule has 2 nitrogen and oxygen atoms in total. The van der Waals surface area contributed by atoms with Crippen molar-refractivity contribution in [3.63, 3.8) is 0 Å². The number of hydrogen-bond donors (Lipinski definition) is 0. The second-order valence-corrected chi connectivity index (χ2v) is 17.3. The Hall–Kier alpha value is -1.91. The van der Waals surface area contributed by atoms with Gasteiger partial charge < -0.3 is 5.11 Å². The smallest absolute Gasteiger partial charge is 0.218 e. The predicted octanol–water partition coefficient (Wildman–Crippen LogP) is 10.1. The van der Waals surface area contributed by atoms with E-state index in [4.69, 9.17) is 0 Å². The Morgan fingerprint density at radius 2 is 1.40 bits per heavy atom. The number of ketones is 1. The summed E-state index contributed by atoms with van der Waals surface area (Å²) in [6.07, 6.45) is 14.2. The highest BCUT2D eigenvalue weighted by atomic mass is 32.2. The summed E-state index contributed by atoms with van der Waals surface area (Å²) in [5, 5.41) is 13.3. The van der Waals surface area contributed by atoms with Crippen LogP contribution in [-0.4, -0.2) is 5.78 Å². The molecular weight excluding hydrogens is 529 g/mol. The van der Waals surface area contributed by atoms with Crippen LogP contribution in [0.5, 0.6) is 0 Å². The third kappa shape index (κ3) is 10.2. The first kappa shape index (κ1) is 32.6. The van der Waals surface area contributed by atoms with E-state index >= 15 is 0 Å². The zero-order valence-corrected chi connectivity index (χ0v) is 28.1. The number of carbonyl (C=O) groups excluding carboxylic acids is 1. The van der Waals surface area contributed by atoms with Crippen LogP contribution in [-0.2, 0) is 17.6 Å². The molecule has 0 fully saturated rings. The summed E-state index contributed by atoms with van der Waals surface area (Å²) in [5.41, 5.74) is 2.91. The maximum atomic E-state index is 13.3. The van der Waals surface area contributed by atoms with Gasteiger partial charge in [0.15, 0.2) is 5.78 Å². The summed E-state index contributed by atoms with van der Waals surface area (Å²) in [7, 11) is 0. The third-order valence-corrected chi connectivity index (χ3v) is 9.00. The highest BCUT2D eigenvalue weighted by Gasteiger charge is 2.28. The van der Waals surface area contributed by atoms with Crippen LogP contribution in [0.15, 0.2) is 62.6 Å². The SMILES string of the molecule is CC(C)CCC1=CC(=CC2=C([O-])C(=Cc3cc(CCC(C)C)[s+]c(CC(C)(C)C)c3)C2=O)C=C(CC(C)(C)C)S1. The van der Waals surface area contributed by atoms with Crippen molar-refractivity contribution in [1.82, 2.24) is 0 Å². The van der Waals surface area contributed by atoms with E-state index in [0.29, 0.717) is 23.0 Å². The van der Waals surface area contributed by atoms with Crippen LogP contribution in [0.1, 0.15) is 110 Å². The van der Waals surface area contributed by atoms with Crippen molar-refractivity contribution >= 4 is 35.0 Å². The van der Waals surface area contributed by atoms with Gasteiger partial charge in [0.1, 0.15) is 0 Å². The fraction of sp³-hybridized carbons (Fsp3) is 0.556. The first-order valence-electron chi connectivity index (χ1n) is 14.9. The average molecular weight is 579 g/mol. The van der Waals surface area contributed by atoms with Crippen LogP contribution in [0, 0.1) is 22.7 Å². The Morgan fingerprint density at radius 1 is 0.825 bits per heavy atom. The molecule has 0 atom stereocenters. The Bertz CT molecular complexity index is 1250. The van der Waals surface area contributed by atoms with Gasteiger partial charge in [0, 0.05) is 36.1 Å². The number of hydrogen-bond acceptors (Lipinski definition) is 3. The first-order chi connectivity index (χ1) is 18.5. The molecule has 0 radical (unpaired) electrons. The van der Waals surface area contributed by atoms with Crippen LogP contribution in [0.3, 0.4) is 0 Å². The summed E-state index contributed by atoms with van der Waals surface area (Å²) in [6, 6.07) is 4.34. The minimum Gasteiger partial charge on any atom is -0.871 e. The normalized spacial score (nSPS) is 18.6. The molecule has 0 amide bonds. The molecule has 1 aliphatic carbocycles. The number of aryl methyl sites for hydroxylation is 1. The topological polar surface area (TPSA) is 40.1 Å². The third-order valence-electron chi connectivity index (χ3n) is 6.78. The summed E-state index contributed by atoms with van der Waals surface area (Å²) < 4.78 is 0. The number of rotatable bonds is 10. The molecule has 0 saturated carbocycles. The van der Waals surface area contributed by atoms with Gasteiger partial charge in [0.2, 0.25) is 21.1 Å². The molecule has 3 rings (SSSR count). The molecule has 1 aromatic rings. The van der Waals surface area contributed by atoms with Crippen LogP contribution >= 0.6 is 23.1 Å². The van der Waals surface area contributed by atoms with E-state index < -0.39 is 0 Å². The molecule has 4 heteroatoms. The van der Waals surface area contributed by atoms with E-state index in [1.54, 1.807) is 0 Å². The van der Waals surface area contributed by atoms with Crippen molar-refractivity contribution < 1.29 is 9.90 Å². The highest BCUT2D eigenvalue weighted by molar-refractivity contribution is 8.06. The van der Waals surface area contributed by atoms with E-state index in [-0.39, 0.29) is 22.4 Å². The minimum absolute atomic E-state index is 0.132. The molecule has 0 spiro atoms. The van der Waals surface area contributed by atoms with E-state index in [0.717, 1.165) is 49.7 Å². The number of thioether (sulfide) groups is 1. The summed E-state index contributed by atoms with van der Waals surface area (Å²) in [6.45, 7) is 22.5. The lowest BCUT2D eigenvalue weighted by molar-refractivity contribution is -0.300. The first-order valence-corrected chi connectivity index (χ1v) is 16.6. The van der Waals surface area contributed by atoms with Gasteiger partial charge in [-0.2, -0.15) is 0 Å². The molecule has 218 valence electrons. The molecule has 40 heavy (non-hydrogen) atoms. The molecule has 0 saturated heterocycles. The lowest BCUT2D eigenvalue weighted by Crippen LogP contribution is -2.29. The maximum absolute atomic E-state index is 13.3. The van der Waals surface area contributed by atoms with E-state index in [1.807, 2.05) is 35.3 Å². The lowest BCUT2D eigenvalue weighted by Gasteiger charge is -2.29. The molecule has 0 unspecified atom stereocenters. The Kier molecular flexibility index (Phi) is 10.9. The fourth-order valence-corrected chi connectivity index (χ4v) is 7.71. The Labute approximate surface area is 252 Å². The standard InChI is InChI=1S/C36H50O2S2/c1-23(2)11-13-27-15-25(17-29(39-27)21-35(5,6)7)19-31-33(37)32(34(31)38)20-26-16-28(14-12-24(3)4)40-30(18-26)22-36(8,9)10/h15-20,23-24H,11-14,21-22H2,1-10H3. The van der Waals surface area contributed by atoms with Crippen molar-refractivity contribution in [2.75, 3.05) is 0 Å². The van der Waals surface area contributed by atoms with Crippen molar-refractivity contribution in [1.29, 1.82) is 0 Å². The molecule has 0 aromatic carbocycles. The van der Waals surface area contributed by atoms with Crippen molar-refractivity contribution in [3.8, 4) is 0 Å². The second kappa shape index (κ2) is 13.4. The minimum atomic E-state index is -0.132. The molecule has 1 aliphatic heterocycles. The molecule has 2 aliphatic rings. The number of allylic oxidation sites excluding steroid dienone is 8. The zero-order valence-electron chi connectivity index (χ0n) is 26.5. The molecule has 0 N–H and O–H groups in total. The Balaban J connectivity index is 1.94. The van der Waals surface area contributed by atoms with Gasteiger partial charge in [-0.05, 0) is 93.6 Å². The van der Waals surface area contributed by atoms with Crippen LogP contribution in [0.4, 0.5) is 0 Å². The zero-order chi connectivity index (χ0) is 29.8. The molecule has 2 heterocycles. The predicted molar refractivity (Wildman–Crippen MR) is 175 cm³/mol. The number of Topliss-reactive ketones (excluding diaryl/α,β-unsaturated/α-hetero) is 1. The van der Waals surface area contributed by atoms with Crippen LogP contribution in [0.25, 0.3) is 6.08 Å². The Morgan fingerprint density at radius 3 is 1.98 bits per heavy atom. The van der Waals surface area contributed by atoms with Gasteiger partial charge in [0.25, 0.3) is 0 Å². The van der Waals surface area contributed by atoms with E-state index in [1.165, 1.54) is 19.6 Å². The molecule has 1 aromatic heterocycles. The van der Waals surface area contributed by atoms with Gasteiger partial charge in [-0.3, -0.25) is 4.79 Å². The number of carbonyl (C=O) groups is 1. The van der Waals surface area contributed by atoms with Crippen LogP contribution < -0.4 is 5.11 Å². The highest BCUT2D eigenvalue weighted by Crippen LogP contribution is 2.42. The largest absolute Gasteiger partial charge is 0.871 e. The van der Waals surface area contributed by atoms with Gasteiger partial charge >= 0.3 is 0 Å². The van der Waals surface area contributed by atoms with Crippen molar-refractivity contribution in [3.05, 3.63) is 78.0 Å². The summed E-state index contributed by atoms with van der Waals surface area (Å²) in [5.74, 6) is 1.01. The van der Waals surface area contributed by atoms with Crippen molar-refractivity contribution in [2.45, 2.75) is 108 Å². The van der Waals surface area contributed by atoms with Gasteiger partial charge in [-0.1, -0.05) is 86.8 Å². The average Bonchev–Trinajstić information content (AvgIpc) is 2.81. The monoisotopic (exact) mass is 578 g/mol. The van der Waals surface area contributed by atoms with Gasteiger partial charge in [0.05, 0.1) is 0 Å². The van der Waals surface area contributed by atoms with Gasteiger partial charge in [-0.25, -0.2) is 0 Å². The summed E-state index contributed by atoms with van der Waals surface area (Å²) >= 11 is 3.73. The fourth-order valence-electron chi connectivity index (χ4n) is 4.81. The molecular formula is C36H50O2S2. The quantitative estimate of drug-likeness (QED) is 0.205. The molecule has 0 bridgehead atoms. The maximum Gasteiger partial charge on any atom is 0.218 e. The van der Waals surface area contributed by atoms with E-state index in [9.17, 15) is 9.90 Å². The van der Waals surface area contributed by atoms with E-state index in [2.05, 4.69) is 93.5 Å². The van der Waals surface area contributed by atoms with Crippen LogP contribution in [0.2, 0.25) is 0 Å². The summed E-state index contributed by atoms with van der Waals surface area (Å²) in [4.78, 5) is 18.5. The van der Waals surface area contributed by atoms with Crippen molar-refractivity contribution in [2.24, 2.45) is 22.7 Å². The van der Waals surface area contributed by atoms with Gasteiger partial charge in [-0.15, -0.1) is 0 Å². The lowest BCUT2D eigenvalue weighted by atomic mass is 9.85.